The van der Waals surface area contributed by atoms with E-state index in [2.05, 4.69) is 25.9 Å². The fourth-order valence-electron chi connectivity index (χ4n) is 1.95. The van der Waals surface area contributed by atoms with Crippen LogP contribution in [0, 0.1) is 0 Å². The molecule has 1 aliphatic heterocycles. The molecule has 1 aromatic heterocycles. The van der Waals surface area contributed by atoms with E-state index >= 15 is 0 Å². The number of ether oxygens (including phenoxy) is 2. The number of rotatable bonds is 1. The smallest absolute Gasteiger partial charge is 0.254 e. The Morgan fingerprint density at radius 2 is 2.05 bits per heavy atom. The minimum Gasteiger partial charge on any atom is -0.493 e. The van der Waals surface area contributed by atoms with Gasteiger partial charge in [0, 0.05) is 12.0 Å². The van der Waals surface area contributed by atoms with Crippen LogP contribution in [0.1, 0.15) is 6.42 Å². The van der Waals surface area contributed by atoms with Crippen molar-refractivity contribution in [1.82, 2.24) is 9.97 Å². The summed E-state index contributed by atoms with van der Waals surface area (Å²) in [5.74, 6) is 1.16. The van der Waals surface area contributed by atoms with E-state index in [-0.39, 0.29) is 11.7 Å². The standard InChI is InChI=1S/C13H11BrN2O4/c14-8-4-7(13-15-10(17)6-11(18)16-13)5-9-12(8)20-3-1-2-19-9/h4-6H,1-3H2,(H2,15,16,17,18). The van der Waals surface area contributed by atoms with Crippen LogP contribution in [0.3, 0.4) is 0 Å². The lowest BCUT2D eigenvalue weighted by Crippen LogP contribution is -2.06. The summed E-state index contributed by atoms with van der Waals surface area (Å²) in [7, 11) is 0. The van der Waals surface area contributed by atoms with Gasteiger partial charge in [-0.1, -0.05) is 0 Å². The molecule has 6 nitrogen and oxygen atoms in total. The van der Waals surface area contributed by atoms with Crippen molar-refractivity contribution in [2.45, 2.75) is 6.42 Å². The van der Waals surface area contributed by atoms with E-state index in [1.54, 1.807) is 12.1 Å². The fraction of sp³-hybridized carbons (Fsp3) is 0.231. The molecule has 20 heavy (non-hydrogen) atoms. The average molecular weight is 339 g/mol. The summed E-state index contributed by atoms with van der Waals surface area (Å²) < 4.78 is 11.9. The van der Waals surface area contributed by atoms with E-state index in [1.807, 2.05) is 0 Å². The minimum absolute atomic E-state index is 0.270. The zero-order chi connectivity index (χ0) is 14.1. The molecule has 0 bridgehead atoms. The Morgan fingerprint density at radius 1 is 1.25 bits per heavy atom. The monoisotopic (exact) mass is 338 g/mol. The van der Waals surface area contributed by atoms with Gasteiger partial charge in [0.1, 0.15) is 5.82 Å². The first-order valence-electron chi connectivity index (χ1n) is 6.03. The van der Waals surface area contributed by atoms with E-state index in [9.17, 15) is 9.90 Å². The van der Waals surface area contributed by atoms with Gasteiger partial charge in [0.2, 0.25) is 5.88 Å². The van der Waals surface area contributed by atoms with Crippen LogP contribution in [-0.4, -0.2) is 28.3 Å². The van der Waals surface area contributed by atoms with Crippen molar-refractivity contribution in [3.05, 3.63) is 33.0 Å². The van der Waals surface area contributed by atoms with Crippen LogP contribution >= 0.6 is 15.9 Å². The topological polar surface area (TPSA) is 84.4 Å². The lowest BCUT2D eigenvalue weighted by molar-refractivity contribution is 0.296. The summed E-state index contributed by atoms with van der Waals surface area (Å²) in [6.07, 6.45) is 0.803. The molecule has 1 aliphatic rings. The normalized spacial score (nSPS) is 13.8. The summed E-state index contributed by atoms with van der Waals surface area (Å²) in [6.45, 7) is 1.15. The first-order valence-corrected chi connectivity index (χ1v) is 6.82. The summed E-state index contributed by atoms with van der Waals surface area (Å²) in [5, 5.41) is 9.41. The number of halogens is 1. The number of aromatic hydroxyl groups is 1. The van der Waals surface area contributed by atoms with Gasteiger partial charge in [-0.05, 0) is 28.1 Å². The van der Waals surface area contributed by atoms with Gasteiger partial charge in [0.15, 0.2) is 11.5 Å². The zero-order valence-electron chi connectivity index (χ0n) is 10.4. The highest BCUT2D eigenvalue weighted by atomic mass is 79.9. The van der Waals surface area contributed by atoms with Gasteiger partial charge in [-0.25, -0.2) is 0 Å². The molecule has 2 aromatic rings. The Balaban J connectivity index is 2.13. The molecule has 3 rings (SSSR count). The van der Waals surface area contributed by atoms with Gasteiger partial charge in [0.05, 0.1) is 23.8 Å². The average Bonchev–Trinajstić information content (AvgIpc) is 2.63. The van der Waals surface area contributed by atoms with Crippen LogP contribution < -0.4 is 15.0 Å². The van der Waals surface area contributed by atoms with Crippen molar-refractivity contribution < 1.29 is 14.6 Å². The van der Waals surface area contributed by atoms with Crippen LogP contribution in [0.15, 0.2) is 27.5 Å². The molecule has 2 N–H and O–H groups in total. The van der Waals surface area contributed by atoms with E-state index in [0.717, 1.165) is 12.5 Å². The van der Waals surface area contributed by atoms with Crippen LogP contribution in [-0.2, 0) is 0 Å². The van der Waals surface area contributed by atoms with E-state index in [1.165, 1.54) is 0 Å². The van der Waals surface area contributed by atoms with Crippen molar-refractivity contribution in [3.8, 4) is 28.8 Å². The maximum absolute atomic E-state index is 11.4. The highest BCUT2D eigenvalue weighted by Crippen LogP contribution is 2.40. The molecule has 2 heterocycles. The second kappa shape index (κ2) is 5.16. The lowest BCUT2D eigenvalue weighted by atomic mass is 10.2. The largest absolute Gasteiger partial charge is 0.493 e. The fourth-order valence-corrected chi connectivity index (χ4v) is 2.51. The number of benzene rings is 1. The van der Waals surface area contributed by atoms with Crippen molar-refractivity contribution in [2.75, 3.05) is 13.2 Å². The van der Waals surface area contributed by atoms with Gasteiger partial charge in [-0.3, -0.25) is 4.79 Å². The number of aromatic amines is 1. The molecular formula is C13H11BrN2O4. The van der Waals surface area contributed by atoms with Gasteiger partial charge >= 0.3 is 0 Å². The molecule has 104 valence electrons. The number of nitrogens with zero attached hydrogens (tertiary/aromatic N) is 1. The third kappa shape index (κ3) is 2.49. The molecule has 0 aliphatic carbocycles. The molecule has 0 fully saturated rings. The van der Waals surface area contributed by atoms with Crippen molar-refractivity contribution in [1.29, 1.82) is 0 Å². The quantitative estimate of drug-likeness (QED) is 0.831. The number of H-pyrrole nitrogens is 1. The second-order valence-corrected chi connectivity index (χ2v) is 5.14. The van der Waals surface area contributed by atoms with Gasteiger partial charge in [0.25, 0.3) is 5.56 Å². The van der Waals surface area contributed by atoms with Crippen LogP contribution in [0.2, 0.25) is 0 Å². The highest BCUT2D eigenvalue weighted by molar-refractivity contribution is 9.10. The zero-order valence-corrected chi connectivity index (χ0v) is 11.9. The molecule has 0 spiro atoms. The molecule has 7 heteroatoms. The molecule has 1 aromatic carbocycles. The van der Waals surface area contributed by atoms with Crippen molar-refractivity contribution >= 4 is 15.9 Å². The summed E-state index contributed by atoms with van der Waals surface area (Å²) >= 11 is 3.41. The van der Waals surface area contributed by atoms with Crippen LogP contribution in [0.25, 0.3) is 11.4 Å². The van der Waals surface area contributed by atoms with E-state index in [4.69, 9.17) is 9.47 Å². The summed E-state index contributed by atoms with van der Waals surface area (Å²) in [4.78, 5) is 17.9. The molecule has 0 atom stereocenters. The molecule has 0 unspecified atom stereocenters. The molecular weight excluding hydrogens is 328 g/mol. The number of hydrogen-bond donors (Lipinski definition) is 2. The third-order valence-corrected chi connectivity index (χ3v) is 3.39. The van der Waals surface area contributed by atoms with Crippen molar-refractivity contribution in [3.63, 3.8) is 0 Å². The Hall–Kier alpha value is -2.02. The van der Waals surface area contributed by atoms with Crippen LogP contribution in [0.5, 0.6) is 17.4 Å². The maximum atomic E-state index is 11.4. The Labute approximate surface area is 122 Å². The summed E-state index contributed by atoms with van der Waals surface area (Å²) in [5.41, 5.74) is 0.199. The second-order valence-electron chi connectivity index (χ2n) is 4.29. The SMILES string of the molecule is O=c1cc(O)nc(-c2cc(Br)c3c(c2)OCCCO3)[nH]1. The molecule has 0 saturated carbocycles. The maximum Gasteiger partial charge on any atom is 0.254 e. The number of aromatic nitrogens is 2. The summed E-state index contributed by atoms with van der Waals surface area (Å²) in [6, 6.07) is 4.50. The minimum atomic E-state index is -0.421. The number of hydrogen-bond acceptors (Lipinski definition) is 5. The molecule has 0 saturated heterocycles. The highest BCUT2D eigenvalue weighted by Gasteiger charge is 2.17. The predicted molar refractivity (Wildman–Crippen MR) is 75.3 cm³/mol. The van der Waals surface area contributed by atoms with Gasteiger partial charge in [-0.15, -0.1) is 0 Å². The Bertz CT molecular complexity index is 714. The van der Waals surface area contributed by atoms with E-state index < -0.39 is 5.56 Å². The first kappa shape index (κ1) is 13.0. The molecule has 0 amide bonds. The van der Waals surface area contributed by atoms with Crippen molar-refractivity contribution in [2.24, 2.45) is 0 Å². The van der Waals surface area contributed by atoms with Crippen LogP contribution in [0.4, 0.5) is 0 Å². The van der Waals surface area contributed by atoms with Gasteiger partial charge < -0.3 is 19.6 Å². The Morgan fingerprint density at radius 3 is 2.85 bits per heavy atom. The predicted octanol–water partition coefficient (Wildman–Crippen LogP) is 2.07. The number of nitrogens with one attached hydrogen (secondary N) is 1. The van der Waals surface area contributed by atoms with Gasteiger partial charge in [-0.2, -0.15) is 4.98 Å². The lowest BCUT2D eigenvalue weighted by Gasteiger charge is -2.11. The third-order valence-electron chi connectivity index (χ3n) is 2.80. The Kier molecular flexibility index (Phi) is 3.35. The first-order chi connectivity index (χ1) is 9.63. The number of fused-ring (bicyclic) bond motifs is 1. The molecule has 0 radical (unpaired) electrons. The van der Waals surface area contributed by atoms with E-state index in [0.29, 0.717) is 34.7 Å².